The highest BCUT2D eigenvalue weighted by Crippen LogP contribution is 2.49. The van der Waals surface area contributed by atoms with Gasteiger partial charge in [0.2, 0.25) is 11.5 Å². The Kier molecular flexibility index (Phi) is 7.16. The van der Waals surface area contributed by atoms with Gasteiger partial charge in [0.15, 0.2) is 0 Å². The molecular weight excluding hydrogens is 507 g/mol. The van der Waals surface area contributed by atoms with Crippen LogP contribution < -0.4 is 15.4 Å². The Labute approximate surface area is 225 Å². The van der Waals surface area contributed by atoms with E-state index in [9.17, 15) is 23.6 Å². The van der Waals surface area contributed by atoms with Gasteiger partial charge in [0.05, 0.1) is 12.8 Å². The maximum atomic E-state index is 13.7. The molecule has 0 radical (unpaired) electrons. The van der Waals surface area contributed by atoms with Crippen LogP contribution in [-0.2, 0) is 32.9 Å². The molecule has 1 aliphatic heterocycles. The number of nitrogens with zero attached hydrogens (tertiary/aromatic N) is 2. The van der Waals surface area contributed by atoms with Crippen molar-refractivity contribution in [3.8, 4) is 5.75 Å². The number of carbonyl (C=O) groups is 4. The number of halogens is 1. The summed E-state index contributed by atoms with van der Waals surface area (Å²) in [5.74, 6) is -0.393. The quantitative estimate of drug-likeness (QED) is 0.505. The number of imide groups is 1. The molecule has 11 heteroatoms. The van der Waals surface area contributed by atoms with Crippen molar-refractivity contribution in [3.05, 3.63) is 58.9 Å². The molecule has 1 spiro atoms. The van der Waals surface area contributed by atoms with E-state index in [-0.39, 0.29) is 24.7 Å². The van der Waals surface area contributed by atoms with E-state index in [1.807, 2.05) is 0 Å². The van der Waals surface area contributed by atoms with Gasteiger partial charge in [-0.25, -0.2) is 18.9 Å². The number of carbonyl (C=O) groups excluding carboxylic acids is 4. The summed E-state index contributed by atoms with van der Waals surface area (Å²) < 4.78 is 24.6. The first-order valence-corrected chi connectivity index (χ1v) is 13.0. The fourth-order valence-corrected chi connectivity index (χ4v) is 5.30. The van der Waals surface area contributed by atoms with Crippen LogP contribution in [-0.4, -0.2) is 61.0 Å². The summed E-state index contributed by atoms with van der Waals surface area (Å²) in [4.78, 5) is 54.4. The van der Waals surface area contributed by atoms with Gasteiger partial charge in [-0.05, 0) is 42.5 Å². The Bertz CT molecular complexity index is 1310. The molecule has 10 nitrogen and oxygen atoms in total. The van der Waals surface area contributed by atoms with E-state index < -0.39 is 30.2 Å². The molecule has 1 heterocycles. The Balaban J connectivity index is 1.35. The molecule has 2 fully saturated rings. The van der Waals surface area contributed by atoms with Crippen LogP contribution in [0.4, 0.5) is 19.7 Å². The topological polar surface area (TPSA) is 117 Å². The molecule has 5 rings (SSSR count). The minimum absolute atomic E-state index is 0.193. The normalized spacial score (nSPS) is 19.6. The highest BCUT2D eigenvalue weighted by atomic mass is 19.1. The second kappa shape index (κ2) is 10.5. The van der Waals surface area contributed by atoms with Crippen molar-refractivity contribution in [1.29, 1.82) is 0 Å². The fraction of sp³-hybridized carbons (Fsp3) is 0.429. The van der Waals surface area contributed by atoms with Crippen LogP contribution >= 0.6 is 0 Å². The molecule has 2 aromatic carbocycles. The summed E-state index contributed by atoms with van der Waals surface area (Å²) >= 11 is 0. The average molecular weight is 539 g/mol. The maximum Gasteiger partial charge on any atom is 0.418 e. The summed E-state index contributed by atoms with van der Waals surface area (Å²) in [5, 5.41) is 5.16. The van der Waals surface area contributed by atoms with E-state index in [1.165, 1.54) is 26.3 Å². The molecule has 1 saturated carbocycles. The van der Waals surface area contributed by atoms with Gasteiger partial charge in [-0.1, -0.05) is 31.0 Å². The molecule has 39 heavy (non-hydrogen) atoms. The number of rotatable bonds is 9. The molecule has 206 valence electrons. The minimum Gasteiger partial charge on any atom is -0.494 e. The third-order valence-corrected chi connectivity index (χ3v) is 7.61. The van der Waals surface area contributed by atoms with Crippen molar-refractivity contribution in [3.63, 3.8) is 0 Å². The molecule has 5 amide bonds. The van der Waals surface area contributed by atoms with Crippen molar-refractivity contribution in [2.24, 2.45) is 5.92 Å². The van der Waals surface area contributed by atoms with Gasteiger partial charge < -0.3 is 25.0 Å². The summed E-state index contributed by atoms with van der Waals surface area (Å²) in [5.41, 5.74) is 0.755. The first kappa shape index (κ1) is 26.5. The lowest BCUT2D eigenvalue weighted by Gasteiger charge is -2.25. The van der Waals surface area contributed by atoms with Crippen molar-refractivity contribution < 1.29 is 33.0 Å². The number of benzene rings is 2. The third-order valence-electron chi connectivity index (χ3n) is 7.61. The zero-order valence-corrected chi connectivity index (χ0v) is 21.9. The van der Waals surface area contributed by atoms with Gasteiger partial charge in [-0.3, -0.25) is 9.59 Å². The predicted molar refractivity (Wildman–Crippen MR) is 138 cm³/mol. The SMILES string of the molecule is CNC(=O)Nc1ccc2c(c1OC)CCC21OC(=O)N(CC(=O)N(CCC2CC2)Cc2ccc(F)cc2)C1=O. The van der Waals surface area contributed by atoms with Gasteiger partial charge >= 0.3 is 12.1 Å². The number of methoxy groups -OCH3 is 1. The molecule has 0 bridgehead atoms. The van der Waals surface area contributed by atoms with E-state index in [1.54, 1.807) is 29.2 Å². The Morgan fingerprint density at radius 3 is 2.59 bits per heavy atom. The average Bonchev–Trinajstić information content (AvgIpc) is 3.65. The predicted octanol–water partition coefficient (Wildman–Crippen LogP) is 3.53. The molecule has 1 saturated heterocycles. The van der Waals surface area contributed by atoms with Crippen molar-refractivity contribution in [2.75, 3.05) is 32.6 Å². The first-order valence-electron chi connectivity index (χ1n) is 13.0. The van der Waals surface area contributed by atoms with E-state index in [4.69, 9.17) is 9.47 Å². The van der Waals surface area contributed by atoms with Crippen molar-refractivity contribution >= 4 is 29.6 Å². The number of ether oxygens (including phenoxy) is 2. The summed E-state index contributed by atoms with van der Waals surface area (Å²) in [6.07, 6.45) is 2.77. The lowest BCUT2D eigenvalue weighted by Crippen LogP contribution is -2.44. The lowest BCUT2D eigenvalue weighted by atomic mass is 9.94. The number of hydrogen-bond donors (Lipinski definition) is 2. The number of amides is 5. The smallest absolute Gasteiger partial charge is 0.418 e. The summed E-state index contributed by atoms with van der Waals surface area (Å²) in [7, 11) is 2.95. The molecule has 3 aliphatic rings. The molecule has 2 aromatic rings. The number of fused-ring (bicyclic) bond motifs is 2. The third kappa shape index (κ3) is 5.13. The Morgan fingerprint density at radius 1 is 1.18 bits per heavy atom. The summed E-state index contributed by atoms with van der Waals surface area (Å²) in [6.45, 7) is 0.271. The van der Waals surface area contributed by atoms with Crippen molar-refractivity contribution in [2.45, 2.75) is 44.2 Å². The van der Waals surface area contributed by atoms with E-state index in [0.29, 0.717) is 41.4 Å². The van der Waals surface area contributed by atoms with Crippen LogP contribution in [0, 0.1) is 11.7 Å². The monoisotopic (exact) mass is 538 g/mol. The summed E-state index contributed by atoms with van der Waals surface area (Å²) in [6, 6.07) is 8.72. The second-order valence-electron chi connectivity index (χ2n) is 10.1. The van der Waals surface area contributed by atoms with Crippen LogP contribution in [0.5, 0.6) is 5.75 Å². The Hall–Kier alpha value is -4.15. The van der Waals surface area contributed by atoms with Gasteiger partial charge in [-0.2, -0.15) is 0 Å². The van der Waals surface area contributed by atoms with Gasteiger partial charge in [0, 0.05) is 37.7 Å². The van der Waals surface area contributed by atoms with Crippen LogP contribution in [0.3, 0.4) is 0 Å². The number of anilines is 1. The van der Waals surface area contributed by atoms with Crippen LogP contribution in [0.15, 0.2) is 36.4 Å². The van der Waals surface area contributed by atoms with Crippen LogP contribution in [0.1, 0.15) is 42.4 Å². The zero-order chi connectivity index (χ0) is 27.7. The van der Waals surface area contributed by atoms with Crippen LogP contribution in [0.25, 0.3) is 0 Å². The highest BCUT2D eigenvalue weighted by Gasteiger charge is 2.59. The molecule has 1 unspecified atom stereocenters. The fourth-order valence-electron chi connectivity index (χ4n) is 5.30. The highest BCUT2D eigenvalue weighted by molar-refractivity contribution is 6.06. The molecule has 2 N–H and O–H groups in total. The zero-order valence-electron chi connectivity index (χ0n) is 21.9. The number of nitrogens with one attached hydrogen (secondary N) is 2. The van der Waals surface area contributed by atoms with Gasteiger partial charge in [0.25, 0.3) is 5.91 Å². The first-order chi connectivity index (χ1) is 18.8. The second-order valence-corrected chi connectivity index (χ2v) is 10.1. The molecule has 1 atom stereocenters. The molecule has 2 aliphatic carbocycles. The van der Waals surface area contributed by atoms with E-state index in [0.717, 1.165) is 29.7 Å². The van der Waals surface area contributed by atoms with Crippen molar-refractivity contribution in [1.82, 2.24) is 15.1 Å². The Morgan fingerprint density at radius 2 is 1.92 bits per heavy atom. The number of hydrogen-bond acceptors (Lipinski definition) is 6. The minimum atomic E-state index is -1.55. The maximum absolute atomic E-state index is 13.7. The van der Waals surface area contributed by atoms with Gasteiger partial charge in [-0.15, -0.1) is 0 Å². The molecular formula is C28H31FN4O6. The number of urea groups is 1. The largest absolute Gasteiger partial charge is 0.494 e. The molecule has 0 aromatic heterocycles. The van der Waals surface area contributed by atoms with Gasteiger partial charge in [0.1, 0.15) is 18.1 Å². The lowest BCUT2D eigenvalue weighted by molar-refractivity contribution is -0.142. The van der Waals surface area contributed by atoms with E-state index in [2.05, 4.69) is 10.6 Å². The standard InChI is InChI=1S/C28H31FN4O6/c1-30-26(36)31-22-10-9-21-20(24(22)38-2)11-13-28(21)25(35)33(27(37)39-28)16-23(34)32(14-12-17-3-4-17)15-18-5-7-19(29)8-6-18/h5-10,17H,3-4,11-16H2,1-2H3,(H2,30,31,36). The van der Waals surface area contributed by atoms with E-state index >= 15 is 0 Å². The van der Waals surface area contributed by atoms with Crippen LogP contribution in [0.2, 0.25) is 0 Å².